The zero-order valence-electron chi connectivity index (χ0n) is 11.6. The molecule has 2 rings (SSSR count). The van der Waals surface area contributed by atoms with E-state index in [1.54, 1.807) is 6.20 Å². The molecule has 5 nitrogen and oxygen atoms in total. The van der Waals surface area contributed by atoms with Gasteiger partial charge in [-0.05, 0) is 25.7 Å². The van der Waals surface area contributed by atoms with Gasteiger partial charge in [-0.3, -0.25) is 9.59 Å². The lowest BCUT2D eigenvalue weighted by Crippen LogP contribution is -2.23. The first-order valence-corrected chi connectivity index (χ1v) is 8.00. The molecule has 1 aromatic rings. The number of hydrogen-bond donors (Lipinski definition) is 1. The summed E-state index contributed by atoms with van der Waals surface area (Å²) < 4.78 is 1.96. The number of carbonyl (C=O) groups is 1. The van der Waals surface area contributed by atoms with Crippen molar-refractivity contribution in [3.05, 3.63) is 22.6 Å². The van der Waals surface area contributed by atoms with E-state index in [1.165, 1.54) is 38.2 Å². The van der Waals surface area contributed by atoms with E-state index < -0.39 is 5.97 Å². The molecule has 0 aliphatic heterocycles. The summed E-state index contributed by atoms with van der Waals surface area (Å²) in [6.45, 7) is 2.13. The normalized spacial score (nSPS) is 17.9. The third-order valence-corrected chi connectivity index (χ3v) is 4.85. The summed E-state index contributed by atoms with van der Waals surface area (Å²) in [5, 5.41) is 9.30. The van der Waals surface area contributed by atoms with Crippen LogP contribution < -0.4 is 5.56 Å². The van der Waals surface area contributed by atoms with Crippen LogP contribution in [0.4, 0.5) is 0 Å². The molecule has 0 amide bonds. The van der Waals surface area contributed by atoms with Crippen LogP contribution in [-0.4, -0.2) is 26.4 Å². The van der Waals surface area contributed by atoms with Gasteiger partial charge in [-0.1, -0.05) is 31.0 Å². The topological polar surface area (TPSA) is 72.2 Å². The van der Waals surface area contributed by atoms with Crippen molar-refractivity contribution < 1.29 is 9.90 Å². The van der Waals surface area contributed by atoms with Gasteiger partial charge in [0.05, 0.1) is 5.75 Å². The number of aromatic nitrogens is 2. The molecule has 1 aliphatic rings. The molecule has 1 saturated carbocycles. The van der Waals surface area contributed by atoms with Crippen molar-refractivity contribution in [1.29, 1.82) is 0 Å². The van der Waals surface area contributed by atoms with Crippen molar-refractivity contribution in [2.24, 2.45) is 5.92 Å². The second-order valence-corrected chi connectivity index (χ2v) is 6.22. The average molecular weight is 296 g/mol. The van der Waals surface area contributed by atoms with Gasteiger partial charge < -0.3 is 9.67 Å². The van der Waals surface area contributed by atoms with Gasteiger partial charge >= 0.3 is 5.97 Å². The molecule has 1 heterocycles. The van der Waals surface area contributed by atoms with E-state index in [0.717, 1.165) is 11.8 Å². The van der Waals surface area contributed by atoms with Gasteiger partial charge in [0.25, 0.3) is 5.56 Å². The monoisotopic (exact) mass is 296 g/mol. The maximum atomic E-state index is 11.4. The van der Waals surface area contributed by atoms with Crippen LogP contribution in [0.5, 0.6) is 0 Å². The van der Waals surface area contributed by atoms with Crippen LogP contribution in [0.3, 0.4) is 0 Å². The highest BCUT2D eigenvalue weighted by Gasteiger charge is 2.23. The highest BCUT2D eigenvalue weighted by Crippen LogP contribution is 2.34. The molecule has 0 radical (unpaired) electrons. The van der Waals surface area contributed by atoms with E-state index in [-0.39, 0.29) is 17.4 Å². The first kappa shape index (κ1) is 15.1. The number of carboxylic acid groups (broad SMARTS) is 1. The lowest BCUT2D eigenvalue weighted by molar-refractivity contribution is -0.133. The molecule has 6 heteroatoms. The minimum atomic E-state index is -0.898. The Morgan fingerprint density at radius 3 is 2.85 bits per heavy atom. The Labute approximate surface area is 122 Å². The number of aliphatic carboxylic acids is 1. The Bertz CT molecular complexity index is 523. The summed E-state index contributed by atoms with van der Waals surface area (Å²) >= 11 is 1.11. The van der Waals surface area contributed by atoms with Crippen molar-refractivity contribution in [3.8, 4) is 0 Å². The van der Waals surface area contributed by atoms with Gasteiger partial charge in [0, 0.05) is 18.3 Å². The van der Waals surface area contributed by atoms with Gasteiger partial charge in [-0.15, -0.1) is 0 Å². The van der Waals surface area contributed by atoms with Crippen LogP contribution >= 0.6 is 11.8 Å². The molecule has 0 spiro atoms. The number of nitrogens with zero attached hydrogens (tertiary/aromatic N) is 2. The molecule has 1 fully saturated rings. The van der Waals surface area contributed by atoms with Crippen molar-refractivity contribution in [2.45, 2.75) is 50.2 Å². The fraction of sp³-hybridized carbons (Fsp3) is 0.643. The lowest BCUT2D eigenvalue weighted by atomic mass is 9.84. The molecular formula is C14H20N2O3S. The van der Waals surface area contributed by atoms with Crippen molar-refractivity contribution in [1.82, 2.24) is 9.55 Å². The quantitative estimate of drug-likeness (QED) is 0.668. The Morgan fingerprint density at radius 2 is 2.20 bits per heavy atom. The number of hydrogen-bond acceptors (Lipinski definition) is 4. The largest absolute Gasteiger partial charge is 0.481 e. The number of thioether (sulfide) groups is 1. The van der Waals surface area contributed by atoms with Crippen LogP contribution in [0, 0.1) is 5.92 Å². The second-order valence-electron chi connectivity index (χ2n) is 5.28. The molecule has 1 aromatic heterocycles. The molecule has 1 aliphatic carbocycles. The standard InChI is InChI=1S/C14H20N2O3S/c1-10(11-5-3-2-4-6-11)16-8-7-12(17)15-14(16)20-9-13(18)19/h7-8,10-11H,2-6,9H2,1H3,(H,18,19). The molecule has 1 atom stereocenters. The third kappa shape index (κ3) is 3.85. The summed E-state index contributed by atoms with van der Waals surface area (Å²) in [6.07, 6.45) is 7.93. The molecule has 1 N–H and O–H groups in total. The Kier molecular flexibility index (Phi) is 5.23. The molecule has 0 aromatic carbocycles. The first-order valence-electron chi connectivity index (χ1n) is 7.01. The Hall–Kier alpha value is -1.30. The minimum Gasteiger partial charge on any atom is -0.481 e. The van der Waals surface area contributed by atoms with E-state index in [1.807, 2.05) is 4.57 Å². The molecule has 110 valence electrons. The summed E-state index contributed by atoms with van der Waals surface area (Å²) in [6, 6.07) is 1.70. The highest BCUT2D eigenvalue weighted by atomic mass is 32.2. The van der Waals surface area contributed by atoms with Gasteiger partial charge in [0.15, 0.2) is 5.16 Å². The minimum absolute atomic E-state index is 0.0756. The van der Waals surface area contributed by atoms with Crippen molar-refractivity contribution in [2.75, 3.05) is 5.75 Å². The van der Waals surface area contributed by atoms with E-state index in [4.69, 9.17) is 5.11 Å². The van der Waals surface area contributed by atoms with E-state index in [0.29, 0.717) is 11.1 Å². The first-order chi connectivity index (χ1) is 9.58. The van der Waals surface area contributed by atoms with E-state index in [9.17, 15) is 9.59 Å². The zero-order valence-corrected chi connectivity index (χ0v) is 12.4. The fourth-order valence-corrected chi connectivity index (χ4v) is 3.57. The summed E-state index contributed by atoms with van der Waals surface area (Å²) in [5.41, 5.74) is -0.315. The molecule has 1 unspecified atom stereocenters. The smallest absolute Gasteiger partial charge is 0.313 e. The van der Waals surface area contributed by atoms with Gasteiger partial charge in [-0.25, -0.2) is 0 Å². The van der Waals surface area contributed by atoms with Crippen LogP contribution in [0.2, 0.25) is 0 Å². The van der Waals surface area contributed by atoms with Crippen LogP contribution in [-0.2, 0) is 4.79 Å². The summed E-state index contributed by atoms with van der Waals surface area (Å²) in [7, 11) is 0. The maximum absolute atomic E-state index is 11.4. The van der Waals surface area contributed by atoms with Gasteiger partial charge in [0.1, 0.15) is 0 Å². The van der Waals surface area contributed by atoms with Crippen LogP contribution in [0.1, 0.15) is 45.1 Å². The predicted octanol–water partition coefficient (Wildman–Crippen LogP) is 2.56. The van der Waals surface area contributed by atoms with Crippen LogP contribution in [0.25, 0.3) is 0 Å². The SMILES string of the molecule is CC(C1CCCCC1)n1ccc(=O)nc1SCC(=O)O. The Balaban J connectivity index is 2.20. The van der Waals surface area contributed by atoms with E-state index in [2.05, 4.69) is 11.9 Å². The molecule has 0 saturated heterocycles. The van der Waals surface area contributed by atoms with E-state index >= 15 is 0 Å². The summed E-state index contributed by atoms with van der Waals surface area (Å²) in [4.78, 5) is 26.1. The molecular weight excluding hydrogens is 276 g/mol. The lowest BCUT2D eigenvalue weighted by Gasteiger charge is -2.30. The summed E-state index contributed by atoms with van der Waals surface area (Å²) in [5.74, 6) is -0.393. The highest BCUT2D eigenvalue weighted by molar-refractivity contribution is 7.99. The van der Waals surface area contributed by atoms with Gasteiger partial charge in [-0.2, -0.15) is 4.98 Å². The fourth-order valence-electron chi connectivity index (χ4n) is 2.78. The molecule has 20 heavy (non-hydrogen) atoms. The average Bonchev–Trinajstić information content (AvgIpc) is 2.45. The zero-order chi connectivity index (χ0) is 14.5. The van der Waals surface area contributed by atoms with Crippen molar-refractivity contribution in [3.63, 3.8) is 0 Å². The third-order valence-electron chi connectivity index (χ3n) is 3.90. The van der Waals surface area contributed by atoms with Gasteiger partial charge in [0.2, 0.25) is 0 Å². The number of carboxylic acids is 1. The van der Waals surface area contributed by atoms with Crippen molar-refractivity contribution >= 4 is 17.7 Å². The second kappa shape index (κ2) is 6.92. The number of rotatable bonds is 5. The maximum Gasteiger partial charge on any atom is 0.313 e. The molecule has 0 bridgehead atoms. The Morgan fingerprint density at radius 1 is 1.50 bits per heavy atom. The van der Waals surface area contributed by atoms with Crippen LogP contribution in [0.15, 0.2) is 22.2 Å². The predicted molar refractivity (Wildman–Crippen MR) is 78.1 cm³/mol.